The SMILES string of the molecule is CN=C(NCCCCN1CCC(C)CC1)N1CCC2(CCCC2)C1.I. The maximum atomic E-state index is 4.54. The molecule has 25 heavy (non-hydrogen) atoms. The van der Waals surface area contributed by atoms with E-state index in [1.165, 1.54) is 90.5 Å². The Balaban J connectivity index is 0.00000225. The predicted molar refractivity (Wildman–Crippen MR) is 118 cm³/mol. The van der Waals surface area contributed by atoms with Crippen LogP contribution in [0.4, 0.5) is 0 Å². The normalized spacial score (nSPS) is 24.7. The van der Waals surface area contributed by atoms with Gasteiger partial charge >= 0.3 is 0 Å². The van der Waals surface area contributed by atoms with Crippen LogP contribution in [0.1, 0.15) is 64.7 Å². The molecular formula is C20H39IN4. The zero-order valence-electron chi connectivity index (χ0n) is 16.4. The topological polar surface area (TPSA) is 30.9 Å². The number of guanidine groups is 1. The van der Waals surface area contributed by atoms with Gasteiger partial charge in [-0.15, -0.1) is 24.0 Å². The fraction of sp³-hybridized carbons (Fsp3) is 0.950. The first kappa shape index (κ1) is 21.3. The minimum absolute atomic E-state index is 0. The number of hydrogen-bond donors (Lipinski definition) is 1. The van der Waals surface area contributed by atoms with E-state index in [1.54, 1.807) is 0 Å². The highest BCUT2D eigenvalue weighted by Crippen LogP contribution is 2.45. The summed E-state index contributed by atoms with van der Waals surface area (Å²) in [5.41, 5.74) is 0.628. The summed E-state index contributed by atoms with van der Waals surface area (Å²) in [4.78, 5) is 9.70. The molecule has 5 heteroatoms. The summed E-state index contributed by atoms with van der Waals surface area (Å²) in [6, 6.07) is 0. The molecule has 0 aromatic carbocycles. The standard InChI is InChI=1S/C20H38N4.HI/c1-18-7-14-23(15-8-18)13-6-5-12-22-19(21-2)24-16-11-20(17-24)9-3-4-10-20;/h18H,3-17H2,1-2H3,(H,21,22);1H. The molecule has 0 bridgehead atoms. The molecule has 0 amide bonds. The predicted octanol–water partition coefficient (Wildman–Crippen LogP) is 3.96. The van der Waals surface area contributed by atoms with Crippen LogP contribution in [0.2, 0.25) is 0 Å². The highest BCUT2D eigenvalue weighted by Gasteiger charge is 2.40. The van der Waals surface area contributed by atoms with E-state index in [2.05, 4.69) is 27.0 Å². The number of rotatable bonds is 5. The Morgan fingerprint density at radius 1 is 1.08 bits per heavy atom. The van der Waals surface area contributed by atoms with Crippen molar-refractivity contribution in [2.75, 3.05) is 46.3 Å². The summed E-state index contributed by atoms with van der Waals surface area (Å²) in [6.07, 6.45) is 12.5. The summed E-state index contributed by atoms with van der Waals surface area (Å²) in [5.74, 6) is 2.08. The van der Waals surface area contributed by atoms with Gasteiger partial charge in [-0.3, -0.25) is 4.99 Å². The molecule has 1 spiro atoms. The molecule has 0 atom stereocenters. The summed E-state index contributed by atoms with van der Waals surface area (Å²) >= 11 is 0. The number of unbranched alkanes of at least 4 members (excludes halogenated alkanes) is 1. The number of likely N-dealkylation sites (tertiary alicyclic amines) is 2. The van der Waals surface area contributed by atoms with Crippen molar-refractivity contribution in [2.24, 2.45) is 16.3 Å². The Bertz CT molecular complexity index is 412. The van der Waals surface area contributed by atoms with Crippen LogP contribution in [-0.2, 0) is 0 Å². The van der Waals surface area contributed by atoms with Crippen LogP contribution in [0.3, 0.4) is 0 Å². The van der Waals surface area contributed by atoms with Gasteiger partial charge < -0.3 is 15.1 Å². The fourth-order valence-electron chi connectivity index (χ4n) is 4.93. The first-order valence-electron chi connectivity index (χ1n) is 10.4. The van der Waals surface area contributed by atoms with Gasteiger partial charge in [-0.05, 0) is 75.9 Å². The molecule has 2 heterocycles. The van der Waals surface area contributed by atoms with Crippen molar-refractivity contribution in [3.8, 4) is 0 Å². The number of hydrogen-bond acceptors (Lipinski definition) is 2. The van der Waals surface area contributed by atoms with Crippen LogP contribution in [0.5, 0.6) is 0 Å². The molecule has 1 N–H and O–H groups in total. The molecule has 2 aliphatic heterocycles. The van der Waals surface area contributed by atoms with E-state index in [0.717, 1.165) is 18.4 Å². The van der Waals surface area contributed by atoms with Crippen LogP contribution in [0.25, 0.3) is 0 Å². The Kier molecular flexibility index (Phi) is 8.79. The number of piperidine rings is 1. The average molecular weight is 462 g/mol. The van der Waals surface area contributed by atoms with Gasteiger partial charge in [0.1, 0.15) is 0 Å². The highest BCUT2D eigenvalue weighted by molar-refractivity contribution is 14.0. The molecule has 3 aliphatic rings. The Labute approximate surface area is 172 Å². The quantitative estimate of drug-likeness (QED) is 0.291. The maximum absolute atomic E-state index is 4.54. The Hall–Kier alpha value is -0.0400. The Morgan fingerprint density at radius 3 is 2.48 bits per heavy atom. The smallest absolute Gasteiger partial charge is 0.193 e. The fourth-order valence-corrected chi connectivity index (χ4v) is 4.93. The minimum Gasteiger partial charge on any atom is -0.356 e. The van der Waals surface area contributed by atoms with E-state index >= 15 is 0 Å². The number of nitrogens with one attached hydrogen (secondary N) is 1. The second-order valence-corrected chi connectivity index (χ2v) is 8.58. The van der Waals surface area contributed by atoms with Gasteiger partial charge in [0.25, 0.3) is 0 Å². The number of halogens is 1. The number of aliphatic imine (C=N–C) groups is 1. The highest BCUT2D eigenvalue weighted by atomic mass is 127. The van der Waals surface area contributed by atoms with Crippen molar-refractivity contribution >= 4 is 29.9 Å². The van der Waals surface area contributed by atoms with Gasteiger partial charge in [-0.2, -0.15) is 0 Å². The first-order valence-corrected chi connectivity index (χ1v) is 10.4. The van der Waals surface area contributed by atoms with Gasteiger partial charge in [0.2, 0.25) is 0 Å². The molecule has 0 unspecified atom stereocenters. The van der Waals surface area contributed by atoms with E-state index in [-0.39, 0.29) is 24.0 Å². The molecular weight excluding hydrogens is 423 g/mol. The zero-order valence-corrected chi connectivity index (χ0v) is 18.8. The molecule has 4 nitrogen and oxygen atoms in total. The van der Waals surface area contributed by atoms with Gasteiger partial charge in [-0.1, -0.05) is 19.8 Å². The molecule has 3 rings (SSSR count). The lowest BCUT2D eigenvalue weighted by Crippen LogP contribution is -2.41. The summed E-state index contributed by atoms with van der Waals surface area (Å²) in [7, 11) is 1.94. The minimum atomic E-state index is 0. The monoisotopic (exact) mass is 462 g/mol. The van der Waals surface area contributed by atoms with Gasteiger partial charge in [0.15, 0.2) is 5.96 Å². The molecule has 0 aromatic rings. The molecule has 146 valence electrons. The van der Waals surface area contributed by atoms with E-state index in [9.17, 15) is 0 Å². The average Bonchev–Trinajstić information content (AvgIpc) is 3.23. The van der Waals surface area contributed by atoms with Crippen molar-refractivity contribution in [2.45, 2.75) is 64.7 Å². The van der Waals surface area contributed by atoms with Crippen LogP contribution >= 0.6 is 24.0 Å². The first-order chi connectivity index (χ1) is 11.7. The van der Waals surface area contributed by atoms with Gasteiger partial charge in [0, 0.05) is 26.7 Å². The lowest BCUT2D eigenvalue weighted by molar-refractivity contribution is 0.189. The maximum Gasteiger partial charge on any atom is 0.193 e. The molecule has 1 saturated carbocycles. The molecule has 3 fully saturated rings. The van der Waals surface area contributed by atoms with Crippen LogP contribution in [-0.4, -0.2) is 62.1 Å². The van der Waals surface area contributed by atoms with Crippen LogP contribution in [0, 0.1) is 11.3 Å². The Morgan fingerprint density at radius 2 is 1.80 bits per heavy atom. The van der Waals surface area contributed by atoms with Crippen LogP contribution < -0.4 is 5.32 Å². The molecule has 1 aliphatic carbocycles. The van der Waals surface area contributed by atoms with E-state index in [4.69, 9.17) is 0 Å². The van der Waals surface area contributed by atoms with E-state index in [1.807, 2.05) is 7.05 Å². The third-order valence-electron chi connectivity index (χ3n) is 6.67. The van der Waals surface area contributed by atoms with Crippen molar-refractivity contribution < 1.29 is 0 Å². The lowest BCUT2D eigenvalue weighted by Gasteiger charge is -2.30. The van der Waals surface area contributed by atoms with Crippen molar-refractivity contribution in [1.82, 2.24) is 15.1 Å². The van der Waals surface area contributed by atoms with Crippen molar-refractivity contribution in [3.05, 3.63) is 0 Å². The van der Waals surface area contributed by atoms with E-state index < -0.39 is 0 Å². The van der Waals surface area contributed by atoms with Gasteiger partial charge in [-0.25, -0.2) is 0 Å². The summed E-state index contributed by atoms with van der Waals surface area (Å²) < 4.78 is 0. The largest absolute Gasteiger partial charge is 0.356 e. The summed E-state index contributed by atoms with van der Waals surface area (Å²) in [5, 5.41) is 3.62. The second kappa shape index (κ2) is 10.3. The lowest BCUT2D eigenvalue weighted by atomic mass is 9.86. The van der Waals surface area contributed by atoms with Crippen molar-refractivity contribution in [3.63, 3.8) is 0 Å². The summed E-state index contributed by atoms with van der Waals surface area (Å²) in [6.45, 7) is 9.80. The van der Waals surface area contributed by atoms with E-state index in [0.29, 0.717) is 5.41 Å². The number of nitrogens with zero attached hydrogens (tertiary/aromatic N) is 3. The third-order valence-corrected chi connectivity index (χ3v) is 6.67. The second-order valence-electron chi connectivity index (χ2n) is 8.58. The third kappa shape index (κ3) is 5.98. The van der Waals surface area contributed by atoms with Crippen LogP contribution in [0.15, 0.2) is 4.99 Å². The molecule has 2 saturated heterocycles. The van der Waals surface area contributed by atoms with Gasteiger partial charge in [0.05, 0.1) is 0 Å². The molecule has 0 radical (unpaired) electrons. The van der Waals surface area contributed by atoms with Crippen molar-refractivity contribution in [1.29, 1.82) is 0 Å². The zero-order chi connectivity index (χ0) is 16.8. The molecule has 0 aromatic heterocycles.